The summed E-state index contributed by atoms with van der Waals surface area (Å²) in [5, 5.41) is 5.47. The fraction of sp³-hybridized carbons (Fsp3) is 0.136. The van der Waals surface area contributed by atoms with Crippen molar-refractivity contribution in [2.45, 2.75) is 13.0 Å². The fourth-order valence-corrected chi connectivity index (χ4v) is 4.63. The van der Waals surface area contributed by atoms with E-state index < -0.39 is 5.97 Å². The van der Waals surface area contributed by atoms with Crippen LogP contribution in [-0.2, 0) is 27.3 Å². The number of hydrogen-bond donors (Lipinski definition) is 1. The summed E-state index contributed by atoms with van der Waals surface area (Å²) in [5.41, 5.74) is 1.78. The number of hydrogen-bond acceptors (Lipinski definition) is 7. The number of benzene rings is 1. The topological polar surface area (TPSA) is 81.4 Å². The lowest BCUT2D eigenvalue weighted by Crippen LogP contribution is -2.28. The van der Waals surface area contributed by atoms with Crippen molar-refractivity contribution in [3.63, 3.8) is 0 Å². The van der Waals surface area contributed by atoms with E-state index in [1.165, 1.54) is 17.6 Å². The molecule has 0 aliphatic carbocycles. The maximum atomic E-state index is 12.4. The second-order valence-corrected chi connectivity index (χ2v) is 8.36. The molecule has 0 unspecified atom stereocenters. The quantitative estimate of drug-likeness (QED) is 0.409. The zero-order valence-corrected chi connectivity index (χ0v) is 17.5. The Morgan fingerprint density at radius 1 is 1.07 bits per heavy atom. The Kier molecular flexibility index (Phi) is 6.36. The molecule has 0 fully saturated rings. The van der Waals surface area contributed by atoms with Crippen molar-refractivity contribution < 1.29 is 18.7 Å². The number of carbonyl (C=O) groups excluding carboxylic acids is 2. The summed E-state index contributed by atoms with van der Waals surface area (Å²) in [6.45, 7) is -0.0839. The maximum absolute atomic E-state index is 12.4. The number of esters is 1. The van der Waals surface area contributed by atoms with Crippen LogP contribution in [0.4, 0.5) is 0 Å². The Morgan fingerprint density at radius 3 is 2.67 bits per heavy atom. The fourth-order valence-electron chi connectivity index (χ4n) is 2.76. The zero-order chi connectivity index (χ0) is 20.8. The molecule has 0 aliphatic rings. The number of carbonyl (C=O) groups is 2. The minimum Gasteiger partial charge on any atom is -0.467 e. The van der Waals surface area contributed by atoms with Crippen LogP contribution in [0.25, 0.3) is 21.1 Å². The van der Waals surface area contributed by atoms with Crippen LogP contribution >= 0.6 is 22.7 Å². The van der Waals surface area contributed by atoms with E-state index in [0.29, 0.717) is 5.76 Å². The van der Waals surface area contributed by atoms with Gasteiger partial charge in [0, 0.05) is 10.4 Å². The Bertz CT molecular complexity index is 1100. The molecule has 4 rings (SSSR count). The number of rotatable bonds is 8. The molecule has 0 radical (unpaired) electrons. The molecule has 152 valence electrons. The van der Waals surface area contributed by atoms with Gasteiger partial charge in [-0.15, -0.1) is 22.7 Å². The van der Waals surface area contributed by atoms with Crippen LogP contribution in [-0.4, -0.2) is 23.5 Å². The van der Waals surface area contributed by atoms with Crippen LogP contribution in [0, 0.1) is 0 Å². The molecule has 4 aromatic rings. The molecule has 0 atom stereocenters. The third-order valence-electron chi connectivity index (χ3n) is 4.18. The predicted octanol–water partition coefficient (Wildman–Crippen LogP) is 4.53. The highest BCUT2D eigenvalue weighted by atomic mass is 32.1. The van der Waals surface area contributed by atoms with Crippen LogP contribution in [0.3, 0.4) is 0 Å². The van der Waals surface area contributed by atoms with Gasteiger partial charge in [0.15, 0.2) is 6.61 Å². The van der Waals surface area contributed by atoms with E-state index in [0.717, 1.165) is 26.0 Å². The van der Waals surface area contributed by atoms with Crippen LogP contribution in [0.5, 0.6) is 0 Å². The molecule has 0 saturated heterocycles. The van der Waals surface area contributed by atoms with Gasteiger partial charge in [-0.25, -0.2) is 4.98 Å². The van der Waals surface area contributed by atoms with Crippen LogP contribution in [0.2, 0.25) is 0 Å². The van der Waals surface area contributed by atoms with Gasteiger partial charge in [-0.2, -0.15) is 0 Å². The van der Waals surface area contributed by atoms with Gasteiger partial charge >= 0.3 is 5.97 Å². The van der Waals surface area contributed by atoms with Crippen molar-refractivity contribution in [2.75, 3.05) is 6.61 Å². The molecular formula is C22H18N2O4S2. The number of ether oxygens (including phenoxy) is 1. The lowest BCUT2D eigenvalue weighted by Gasteiger charge is -2.05. The first-order chi connectivity index (χ1) is 14.7. The van der Waals surface area contributed by atoms with E-state index in [1.54, 1.807) is 23.5 Å². The minimum atomic E-state index is -0.468. The number of amides is 1. The zero-order valence-electron chi connectivity index (χ0n) is 15.9. The number of thiophene rings is 1. The highest BCUT2D eigenvalue weighted by Gasteiger charge is 2.19. The third kappa shape index (κ3) is 5.03. The van der Waals surface area contributed by atoms with Gasteiger partial charge in [0.25, 0.3) is 5.91 Å². The minimum absolute atomic E-state index is 0.0587. The van der Waals surface area contributed by atoms with Crippen LogP contribution < -0.4 is 5.32 Å². The number of nitrogens with one attached hydrogen (secondary N) is 1. The molecule has 3 heterocycles. The first kappa shape index (κ1) is 20.1. The number of nitrogens with zero attached hydrogens (tertiary/aromatic N) is 1. The molecule has 1 N–H and O–H groups in total. The van der Waals surface area contributed by atoms with E-state index in [4.69, 9.17) is 14.1 Å². The lowest BCUT2D eigenvalue weighted by atomic mass is 10.2. The van der Waals surface area contributed by atoms with Crippen molar-refractivity contribution >= 4 is 34.6 Å². The highest BCUT2D eigenvalue weighted by Crippen LogP contribution is 2.36. The number of aromatic nitrogens is 1. The Hall–Kier alpha value is -3.23. The molecule has 3 aromatic heterocycles. The second-order valence-electron chi connectivity index (χ2n) is 6.33. The molecule has 0 bridgehead atoms. The highest BCUT2D eigenvalue weighted by molar-refractivity contribution is 7.17. The molecule has 0 aliphatic heterocycles. The smallest absolute Gasteiger partial charge is 0.311 e. The number of thiazole rings is 1. The first-order valence-corrected chi connectivity index (χ1v) is 10.9. The van der Waals surface area contributed by atoms with E-state index in [9.17, 15) is 9.59 Å². The average Bonchev–Trinajstić information content (AvgIpc) is 3.53. The summed E-state index contributed by atoms with van der Waals surface area (Å²) < 4.78 is 10.3. The second kappa shape index (κ2) is 9.51. The molecule has 1 aromatic carbocycles. The van der Waals surface area contributed by atoms with E-state index in [1.807, 2.05) is 47.8 Å². The first-order valence-electron chi connectivity index (χ1n) is 9.23. The summed E-state index contributed by atoms with van der Waals surface area (Å²) >= 11 is 3.03. The molecule has 1 amide bonds. The van der Waals surface area contributed by atoms with Gasteiger partial charge in [-0.1, -0.05) is 36.4 Å². The van der Waals surface area contributed by atoms with Crippen molar-refractivity contribution in [1.29, 1.82) is 0 Å². The Morgan fingerprint density at radius 2 is 1.93 bits per heavy atom. The summed E-state index contributed by atoms with van der Waals surface area (Å²) in [6.07, 6.45) is 1.59. The SMILES string of the molecule is O=C(COC(=O)Cc1sc(-c2ccccc2)nc1-c1cccs1)NCc1ccco1. The summed E-state index contributed by atoms with van der Waals surface area (Å²) in [6, 6.07) is 17.3. The van der Waals surface area contributed by atoms with Gasteiger partial charge in [-0.3, -0.25) is 9.59 Å². The van der Waals surface area contributed by atoms with Crippen LogP contribution in [0.15, 0.2) is 70.7 Å². The lowest BCUT2D eigenvalue weighted by molar-refractivity contribution is -0.147. The normalized spacial score (nSPS) is 10.7. The largest absolute Gasteiger partial charge is 0.467 e. The summed E-state index contributed by atoms with van der Waals surface area (Å²) in [4.78, 5) is 30.8. The molecular weight excluding hydrogens is 420 g/mol. The van der Waals surface area contributed by atoms with Crippen LogP contribution in [0.1, 0.15) is 10.6 Å². The summed E-state index contributed by atoms with van der Waals surface area (Å²) in [5.74, 6) is -0.218. The third-order valence-corrected chi connectivity index (χ3v) is 6.16. The van der Waals surface area contributed by atoms with Crippen molar-refractivity contribution in [3.8, 4) is 21.1 Å². The molecule has 0 saturated carbocycles. The van der Waals surface area contributed by atoms with Gasteiger partial charge in [0.05, 0.1) is 29.8 Å². The monoisotopic (exact) mass is 438 g/mol. The molecule has 6 nitrogen and oxygen atoms in total. The average molecular weight is 439 g/mol. The molecule has 0 spiro atoms. The van der Waals surface area contributed by atoms with Gasteiger partial charge in [-0.05, 0) is 23.6 Å². The molecule has 30 heavy (non-hydrogen) atoms. The van der Waals surface area contributed by atoms with E-state index in [-0.39, 0.29) is 25.5 Å². The van der Waals surface area contributed by atoms with Crippen molar-refractivity contribution in [2.24, 2.45) is 0 Å². The Balaban J connectivity index is 1.41. The van der Waals surface area contributed by atoms with Gasteiger partial charge in [0.1, 0.15) is 10.8 Å². The Labute approximate surface area is 181 Å². The predicted molar refractivity (Wildman–Crippen MR) is 116 cm³/mol. The van der Waals surface area contributed by atoms with Gasteiger partial charge in [0.2, 0.25) is 0 Å². The standard InChI is InChI=1S/C22H18N2O4S2/c25-19(23-13-16-8-4-10-27-16)14-28-20(26)12-18-21(17-9-5-11-29-17)24-22(30-18)15-6-2-1-3-7-15/h1-11H,12-14H2,(H,23,25). The van der Waals surface area contributed by atoms with E-state index >= 15 is 0 Å². The van der Waals surface area contributed by atoms with Gasteiger partial charge < -0.3 is 14.5 Å². The molecule has 8 heteroatoms. The van der Waals surface area contributed by atoms with Crippen molar-refractivity contribution in [1.82, 2.24) is 10.3 Å². The summed E-state index contributed by atoms with van der Waals surface area (Å²) in [7, 11) is 0. The van der Waals surface area contributed by atoms with E-state index in [2.05, 4.69) is 5.32 Å². The number of furan rings is 1. The maximum Gasteiger partial charge on any atom is 0.311 e. The van der Waals surface area contributed by atoms with Crippen molar-refractivity contribution in [3.05, 3.63) is 76.9 Å².